The fraction of sp³-hybridized carbons (Fsp3) is 0.345. The summed E-state index contributed by atoms with van der Waals surface area (Å²) in [5.41, 5.74) is 0.439. The molecule has 2 amide bonds. The van der Waals surface area contributed by atoms with E-state index >= 15 is 0 Å². The average molecular weight is 577 g/mol. The Morgan fingerprint density at radius 3 is 2.48 bits per heavy atom. The number of hydrogen-bond donors (Lipinski definition) is 1. The smallest absolute Gasteiger partial charge is 0.251 e. The molecule has 13 nitrogen and oxygen atoms in total. The molecule has 5 rings (SSSR count). The highest BCUT2D eigenvalue weighted by Crippen LogP contribution is 2.37. The summed E-state index contributed by atoms with van der Waals surface area (Å²) in [5, 5.41) is 15.6. The summed E-state index contributed by atoms with van der Waals surface area (Å²) in [6.07, 6.45) is 1.45. The molecule has 4 aromatic rings. The zero-order valence-electron chi connectivity index (χ0n) is 24.0. The normalized spacial score (nSPS) is 13.3. The number of fused-ring (bicyclic) bond motifs is 1. The van der Waals surface area contributed by atoms with Crippen molar-refractivity contribution >= 4 is 17.5 Å². The molecule has 1 N–H and O–H groups in total. The Hall–Kier alpha value is -5.07. The zero-order valence-corrected chi connectivity index (χ0v) is 24.0. The summed E-state index contributed by atoms with van der Waals surface area (Å²) < 4.78 is 27.8. The topological polar surface area (TPSA) is 143 Å². The van der Waals surface area contributed by atoms with E-state index in [1.165, 1.54) is 23.1 Å². The quantitative estimate of drug-likeness (QED) is 0.315. The van der Waals surface area contributed by atoms with E-state index in [1.54, 1.807) is 55.6 Å². The van der Waals surface area contributed by atoms with Gasteiger partial charge in [-0.3, -0.25) is 14.5 Å². The average Bonchev–Trinajstić information content (AvgIpc) is 3.67. The van der Waals surface area contributed by atoms with Gasteiger partial charge in [-0.1, -0.05) is 0 Å². The van der Waals surface area contributed by atoms with Crippen molar-refractivity contribution in [1.82, 2.24) is 25.5 Å². The van der Waals surface area contributed by atoms with Gasteiger partial charge >= 0.3 is 0 Å². The zero-order chi connectivity index (χ0) is 29.9. The lowest BCUT2D eigenvalue weighted by atomic mass is 10.1. The Labute approximate surface area is 242 Å². The van der Waals surface area contributed by atoms with Gasteiger partial charge in [0.2, 0.25) is 5.82 Å². The summed E-state index contributed by atoms with van der Waals surface area (Å²) >= 11 is 0. The van der Waals surface area contributed by atoms with Crippen LogP contribution < -0.4 is 29.2 Å². The molecule has 0 unspecified atom stereocenters. The minimum absolute atomic E-state index is 0.276. The van der Waals surface area contributed by atoms with Crippen molar-refractivity contribution in [1.29, 1.82) is 0 Å². The first kappa shape index (κ1) is 28.5. The van der Waals surface area contributed by atoms with Crippen LogP contribution in [-0.2, 0) is 16.1 Å². The molecule has 0 bridgehead atoms. The van der Waals surface area contributed by atoms with Gasteiger partial charge in [0, 0.05) is 22.9 Å². The number of anilines is 1. The monoisotopic (exact) mass is 576 g/mol. The Kier molecular flexibility index (Phi) is 8.00. The second-order valence-electron chi connectivity index (χ2n) is 10.5. The number of amides is 2. The van der Waals surface area contributed by atoms with Crippen LogP contribution in [0.5, 0.6) is 23.0 Å². The predicted octanol–water partition coefficient (Wildman–Crippen LogP) is 3.41. The Bertz CT molecular complexity index is 1560. The molecular weight excluding hydrogens is 544 g/mol. The van der Waals surface area contributed by atoms with Crippen LogP contribution in [0.3, 0.4) is 0 Å². The molecule has 2 aromatic carbocycles. The van der Waals surface area contributed by atoms with Crippen molar-refractivity contribution in [2.45, 2.75) is 38.9 Å². The van der Waals surface area contributed by atoms with E-state index in [9.17, 15) is 9.59 Å². The third-order valence-corrected chi connectivity index (χ3v) is 6.26. The van der Waals surface area contributed by atoms with Crippen molar-refractivity contribution < 1.29 is 33.0 Å². The maximum absolute atomic E-state index is 14.1. The van der Waals surface area contributed by atoms with Crippen LogP contribution in [0.25, 0.3) is 11.4 Å². The molecular formula is C29H32N6O7. The van der Waals surface area contributed by atoms with E-state index in [0.29, 0.717) is 47.5 Å². The molecule has 1 aliphatic rings. The minimum Gasteiger partial charge on any atom is -0.493 e. The van der Waals surface area contributed by atoms with Crippen LogP contribution in [0.2, 0.25) is 0 Å². The second-order valence-corrected chi connectivity index (χ2v) is 10.5. The van der Waals surface area contributed by atoms with E-state index in [2.05, 4.69) is 20.7 Å². The number of carbonyl (C=O) groups excluding carboxylic acids is 2. The third-order valence-electron chi connectivity index (χ3n) is 6.26. The van der Waals surface area contributed by atoms with Crippen molar-refractivity contribution in [3.05, 3.63) is 60.6 Å². The van der Waals surface area contributed by atoms with Crippen molar-refractivity contribution in [3.8, 4) is 34.4 Å². The van der Waals surface area contributed by atoms with E-state index in [0.717, 1.165) is 0 Å². The Morgan fingerprint density at radius 2 is 1.79 bits per heavy atom. The van der Waals surface area contributed by atoms with Gasteiger partial charge in [0.05, 0.1) is 20.5 Å². The van der Waals surface area contributed by atoms with Crippen LogP contribution in [-0.4, -0.2) is 65.0 Å². The van der Waals surface area contributed by atoms with E-state index in [4.69, 9.17) is 23.4 Å². The van der Waals surface area contributed by atoms with Gasteiger partial charge in [0.1, 0.15) is 25.5 Å². The first-order chi connectivity index (χ1) is 20.2. The lowest BCUT2D eigenvalue weighted by molar-refractivity contribution is -0.128. The first-order valence-electron chi connectivity index (χ1n) is 13.2. The minimum atomic E-state index is -1.15. The molecule has 0 radical (unpaired) electrons. The molecule has 1 aliphatic heterocycles. The molecule has 3 heterocycles. The molecule has 0 aliphatic carbocycles. The largest absolute Gasteiger partial charge is 0.493 e. The maximum Gasteiger partial charge on any atom is 0.251 e. The highest BCUT2D eigenvalue weighted by Gasteiger charge is 2.37. The number of benzene rings is 2. The van der Waals surface area contributed by atoms with Crippen LogP contribution in [0.15, 0.2) is 59.2 Å². The van der Waals surface area contributed by atoms with Crippen LogP contribution in [0.4, 0.5) is 5.69 Å². The molecule has 2 aromatic heterocycles. The fourth-order valence-electron chi connectivity index (χ4n) is 4.48. The highest BCUT2D eigenvalue weighted by molar-refractivity contribution is 6.01. The predicted molar refractivity (Wildman–Crippen MR) is 151 cm³/mol. The Morgan fingerprint density at radius 1 is 1.02 bits per heavy atom. The number of ether oxygens (including phenoxy) is 4. The molecule has 0 saturated heterocycles. The van der Waals surface area contributed by atoms with E-state index in [1.807, 2.05) is 20.8 Å². The van der Waals surface area contributed by atoms with Gasteiger partial charge in [-0.2, -0.15) is 4.80 Å². The van der Waals surface area contributed by atoms with Crippen molar-refractivity contribution in [3.63, 3.8) is 0 Å². The van der Waals surface area contributed by atoms with E-state index < -0.39 is 23.4 Å². The number of nitrogens with zero attached hydrogens (tertiary/aromatic N) is 5. The van der Waals surface area contributed by atoms with Gasteiger partial charge in [-0.25, -0.2) is 0 Å². The van der Waals surface area contributed by atoms with Gasteiger partial charge < -0.3 is 28.7 Å². The highest BCUT2D eigenvalue weighted by atomic mass is 16.6. The molecule has 0 fully saturated rings. The first-order valence-corrected chi connectivity index (χ1v) is 13.2. The summed E-state index contributed by atoms with van der Waals surface area (Å²) in [4.78, 5) is 30.3. The Balaban J connectivity index is 1.51. The second kappa shape index (κ2) is 11.8. The number of furan rings is 1. The number of nitrogens with one attached hydrogen (secondary N) is 1. The number of tetrazole rings is 1. The van der Waals surface area contributed by atoms with Gasteiger partial charge in [-0.05, 0) is 68.4 Å². The number of hydrogen-bond acceptors (Lipinski definition) is 10. The standard InChI is InChI=1S/C29H32N6O7/c1-29(2,3)30-28(37)26(22-7-6-12-40-22)35(19-9-11-21-24(16-19)42-14-13-41-21)25(36)17-34-32-27(31-33-34)18-8-10-20(38-4)23(15-18)39-5/h6-12,15-16,26H,13-14,17H2,1-5H3,(H,30,37)/t26-/m0/s1. The molecule has 1 atom stereocenters. The molecule has 13 heteroatoms. The summed E-state index contributed by atoms with van der Waals surface area (Å²) in [5.74, 6) is 1.69. The molecule has 42 heavy (non-hydrogen) atoms. The lowest BCUT2D eigenvalue weighted by Gasteiger charge is -2.32. The van der Waals surface area contributed by atoms with Crippen LogP contribution in [0.1, 0.15) is 32.6 Å². The maximum atomic E-state index is 14.1. The number of rotatable bonds is 9. The van der Waals surface area contributed by atoms with E-state index in [-0.39, 0.29) is 18.1 Å². The summed E-state index contributed by atoms with van der Waals surface area (Å²) in [6.45, 7) is 6.02. The lowest BCUT2D eigenvalue weighted by Crippen LogP contribution is -2.50. The SMILES string of the molecule is COc1ccc(-c2nnn(CC(=O)N(c3ccc4c(c3)OCCO4)[C@H](C(=O)NC(C)(C)C)c3ccco3)n2)cc1OC. The fourth-order valence-corrected chi connectivity index (χ4v) is 4.48. The van der Waals surface area contributed by atoms with Crippen LogP contribution >= 0.6 is 0 Å². The molecule has 220 valence electrons. The molecule has 0 saturated carbocycles. The molecule has 0 spiro atoms. The number of aromatic nitrogens is 4. The van der Waals surface area contributed by atoms with Crippen molar-refractivity contribution in [2.75, 3.05) is 32.3 Å². The van der Waals surface area contributed by atoms with Gasteiger partial charge in [0.25, 0.3) is 11.8 Å². The van der Waals surface area contributed by atoms with Crippen LogP contribution in [0, 0.1) is 0 Å². The summed E-state index contributed by atoms with van der Waals surface area (Å²) in [7, 11) is 3.07. The van der Waals surface area contributed by atoms with Crippen molar-refractivity contribution in [2.24, 2.45) is 0 Å². The third kappa shape index (κ3) is 6.14. The van der Waals surface area contributed by atoms with Gasteiger partial charge in [0.15, 0.2) is 29.0 Å². The number of carbonyl (C=O) groups is 2. The number of methoxy groups -OCH3 is 2. The van der Waals surface area contributed by atoms with Gasteiger partial charge in [-0.15, -0.1) is 10.2 Å². The summed E-state index contributed by atoms with van der Waals surface area (Å²) in [6, 6.07) is 12.4.